The van der Waals surface area contributed by atoms with Crippen molar-refractivity contribution in [3.05, 3.63) is 0 Å². The third-order valence-corrected chi connectivity index (χ3v) is 5.14. The number of likely N-dealkylation sites (tertiary alicyclic amines) is 1. The van der Waals surface area contributed by atoms with Crippen LogP contribution in [0.3, 0.4) is 0 Å². The maximum absolute atomic E-state index is 11.1. The molecule has 1 aliphatic rings. The van der Waals surface area contributed by atoms with Gasteiger partial charge in [-0.2, -0.15) is 16.8 Å². The Balaban J connectivity index is 2.66. The fourth-order valence-corrected chi connectivity index (χ4v) is 3.39. The molecule has 0 aromatic rings. The predicted octanol–water partition coefficient (Wildman–Crippen LogP) is 0.479. The molecule has 1 amide bonds. The molecule has 0 atom stereocenters. The highest BCUT2D eigenvalue weighted by Crippen LogP contribution is 2.38. The molecule has 1 aliphatic heterocycles. The third-order valence-electron chi connectivity index (χ3n) is 3.95. The van der Waals surface area contributed by atoms with Crippen molar-refractivity contribution in [1.29, 1.82) is 0 Å². The summed E-state index contributed by atoms with van der Waals surface area (Å²) < 4.78 is 53.7. The van der Waals surface area contributed by atoms with E-state index in [4.69, 9.17) is 13.5 Å². The topological polar surface area (TPSA) is 127 Å². The minimum Gasteiger partial charge on any atom is -0.465 e. The second-order valence-electron chi connectivity index (χ2n) is 5.82. The number of hydrogen-bond donors (Lipinski definition) is 1. The molecule has 1 rings (SSSR count). The van der Waals surface area contributed by atoms with Crippen LogP contribution >= 0.6 is 0 Å². The van der Waals surface area contributed by atoms with Crippen LogP contribution < -0.4 is 0 Å². The second-order valence-corrected chi connectivity index (χ2v) is 9.11. The lowest BCUT2D eigenvalue weighted by Gasteiger charge is -2.41. The molecule has 23 heavy (non-hydrogen) atoms. The maximum atomic E-state index is 11.1. The summed E-state index contributed by atoms with van der Waals surface area (Å²) in [5.41, 5.74) is -0.401. The Labute approximate surface area is 136 Å². The number of piperidine rings is 1. The minimum atomic E-state index is -3.55. The fourth-order valence-electron chi connectivity index (χ4n) is 2.62. The van der Waals surface area contributed by atoms with E-state index >= 15 is 0 Å². The average Bonchev–Trinajstić information content (AvgIpc) is 2.36. The van der Waals surface area contributed by atoms with Crippen LogP contribution in [0.25, 0.3) is 0 Å². The number of carbonyl (C=O) groups is 1. The molecule has 11 heteroatoms. The second kappa shape index (κ2) is 7.77. The number of nitrogens with zero attached hydrogens (tertiary/aromatic N) is 1. The average molecular weight is 373 g/mol. The van der Waals surface area contributed by atoms with E-state index in [0.29, 0.717) is 38.8 Å². The van der Waals surface area contributed by atoms with Crippen LogP contribution in [0.5, 0.6) is 0 Å². The quantitative estimate of drug-likeness (QED) is 0.609. The van der Waals surface area contributed by atoms with Crippen LogP contribution in [-0.2, 0) is 28.6 Å². The van der Waals surface area contributed by atoms with E-state index in [0.717, 1.165) is 12.5 Å². The lowest BCUT2D eigenvalue weighted by Crippen LogP contribution is -2.43. The molecular formula is C12H23NO8S2. The highest BCUT2D eigenvalue weighted by Gasteiger charge is 2.36. The Morgan fingerprint density at radius 1 is 1.00 bits per heavy atom. The molecule has 0 spiro atoms. The fraction of sp³-hybridized carbons (Fsp3) is 0.917. The summed E-state index contributed by atoms with van der Waals surface area (Å²) in [6, 6.07) is 0. The van der Waals surface area contributed by atoms with E-state index < -0.39 is 31.7 Å². The maximum Gasteiger partial charge on any atom is 0.407 e. The summed E-state index contributed by atoms with van der Waals surface area (Å²) in [6.45, 7) is 0.579. The summed E-state index contributed by atoms with van der Waals surface area (Å²) in [4.78, 5) is 12.3. The van der Waals surface area contributed by atoms with Gasteiger partial charge in [-0.05, 0) is 31.1 Å². The van der Waals surface area contributed by atoms with Gasteiger partial charge in [0.15, 0.2) is 0 Å². The molecule has 0 aromatic carbocycles. The van der Waals surface area contributed by atoms with Crippen LogP contribution in [-0.4, -0.2) is 71.8 Å². The molecule has 0 aliphatic carbocycles. The predicted molar refractivity (Wildman–Crippen MR) is 82.1 cm³/mol. The summed E-state index contributed by atoms with van der Waals surface area (Å²) in [5, 5.41) is 8.99. The van der Waals surface area contributed by atoms with Crippen molar-refractivity contribution in [2.75, 3.05) is 38.8 Å². The standard InChI is InChI=1S/C12H23NO8S2/c1-22(16,17)20-9-5-12(6-10-21-23(2,18)19)3-7-13(8-4-12)11(14)15/h3-10H2,1-2H3,(H,14,15). The zero-order valence-corrected chi connectivity index (χ0v) is 14.9. The molecular weight excluding hydrogens is 350 g/mol. The van der Waals surface area contributed by atoms with Gasteiger partial charge in [-0.25, -0.2) is 4.79 Å². The van der Waals surface area contributed by atoms with E-state index in [1.807, 2.05) is 0 Å². The van der Waals surface area contributed by atoms with Crippen LogP contribution in [0.1, 0.15) is 25.7 Å². The van der Waals surface area contributed by atoms with Crippen molar-refractivity contribution < 1.29 is 35.1 Å². The largest absolute Gasteiger partial charge is 0.465 e. The molecule has 9 nitrogen and oxygen atoms in total. The monoisotopic (exact) mass is 373 g/mol. The SMILES string of the molecule is CS(=O)(=O)OCCC1(CCOS(C)(=O)=O)CCN(C(=O)O)CC1. The van der Waals surface area contributed by atoms with Gasteiger partial charge in [-0.3, -0.25) is 8.37 Å². The summed E-state index contributed by atoms with van der Waals surface area (Å²) >= 11 is 0. The van der Waals surface area contributed by atoms with Gasteiger partial charge in [0.05, 0.1) is 25.7 Å². The van der Waals surface area contributed by atoms with Gasteiger partial charge in [0.1, 0.15) is 0 Å². The highest BCUT2D eigenvalue weighted by molar-refractivity contribution is 7.86. The van der Waals surface area contributed by atoms with Crippen molar-refractivity contribution in [2.24, 2.45) is 5.41 Å². The first-order valence-corrected chi connectivity index (χ1v) is 10.7. The summed E-state index contributed by atoms with van der Waals surface area (Å²) in [7, 11) is -7.10. The molecule has 1 N–H and O–H groups in total. The zero-order valence-electron chi connectivity index (χ0n) is 13.2. The van der Waals surface area contributed by atoms with Crippen molar-refractivity contribution in [3.8, 4) is 0 Å². The van der Waals surface area contributed by atoms with Crippen molar-refractivity contribution in [1.82, 2.24) is 4.90 Å². The van der Waals surface area contributed by atoms with Gasteiger partial charge in [-0.15, -0.1) is 0 Å². The minimum absolute atomic E-state index is 0.0230. The number of carboxylic acid groups (broad SMARTS) is 1. The summed E-state index contributed by atoms with van der Waals surface area (Å²) in [5.74, 6) is 0. The normalized spacial score (nSPS) is 18.8. The van der Waals surface area contributed by atoms with Gasteiger partial charge in [0, 0.05) is 13.1 Å². The number of amides is 1. The lowest BCUT2D eigenvalue weighted by molar-refractivity contribution is 0.0596. The smallest absolute Gasteiger partial charge is 0.407 e. The first-order chi connectivity index (χ1) is 10.4. The van der Waals surface area contributed by atoms with E-state index in [1.165, 1.54) is 4.90 Å². The van der Waals surface area contributed by atoms with Gasteiger partial charge in [0.2, 0.25) is 0 Å². The van der Waals surface area contributed by atoms with Crippen LogP contribution in [0, 0.1) is 5.41 Å². The van der Waals surface area contributed by atoms with Crippen molar-refractivity contribution in [3.63, 3.8) is 0 Å². The third kappa shape index (κ3) is 7.95. The Bertz CT molecular complexity index is 565. The van der Waals surface area contributed by atoms with E-state index in [1.54, 1.807) is 0 Å². The zero-order chi connectivity index (χ0) is 17.7. The Hall–Kier alpha value is -0.910. The van der Waals surface area contributed by atoms with E-state index in [2.05, 4.69) is 0 Å². The van der Waals surface area contributed by atoms with Crippen LogP contribution in [0.15, 0.2) is 0 Å². The highest BCUT2D eigenvalue weighted by atomic mass is 32.2. The van der Waals surface area contributed by atoms with E-state index in [-0.39, 0.29) is 13.2 Å². The first kappa shape index (κ1) is 20.1. The molecule has 0 bridgehead atoms. The molecule has 1 heterocycles. The molecule has 1 fully saturated rings. The summed E-state index contributed by atoms with van der Waals surface area (Å²) in [6.07, 6.45) is 2.69. The van der Waals surface area contributed by atoms with Crippen molar-refractivity contribution in [2.45, 2.75) is 25.7 Å². The van der Waals surface area contributed by atoms with Crippen LogP contribution in [0.4, 0.5) is 4.79 Å². The lowest BCUT2D eigenvalue weighted by atomic mass is 9.73. The van der Waals surface area contributed by atoms with E-state index in [9.17, 15) is 21.6 Å². The first-order valence-electron chi connectivity index (χ1n) is 7.09. The molecule has 0 radical (unpaired) electrons. The van der Waals surface area contributed by atoms with Crippen LogP contribution in [0.2, 0.25) is 0 Å². The van der Waals surface area contributed by atoms with Gasteiger partial charge in [0.25, 0.3) is 20.2 Å². The molecule has 0 aromatic heterocycles. The van der Waals surface area contributed by atoms with Crippen molar-refractivity contribution >= 4 is 26.3 Å². The number of rotatable bonds is 8. The molecule has 1 saturated heterocycles. The Morgan fingerprint density at radius 2 is 1.39 bits per heavy atom. The number of hydrogen-bond acceptors (Lipinski definition) is 7. The molecule has 0 saturated carbocycles. The Kier molecular flexibility index (Phi) is 6.81. The molecule has 136 valence electrons. The van der Waals surface area contributed by atoms with Gasteiger partial charge < -0.3 is 10.0 Å². The van der Waals surface area contributed by atoms with Gasteiger partial charge in [-0.1, -0.05) is 0 Å². The molecule has 0 unspecified atom stereocenters. The Morgan fingerprint density at radius 3 is 1.70 bits per heavy atom. The van der Waals surface area contributed by atoms with Gasteiger partial charge >= 0.3 is 6.09 Å².